The molecule has 2 fully saturated rings. The van der Waals surface area contributed by atoms with E-state index in [9.17, 15) is 22.8 Å². The maximum absolute atomic E-state index is 12.3. The Morgan fingerprint density at radius 1 is 1.25 bits per heavy atom. The molecule has 0 aromatic rings. The Kier molecular flexibility index (Phi) is 6.66. The van der Waals surface area contributed by atoms with Gasteiger partial charge < -0.3 is 10.1 Å². The van der Waals surface area contributed by atoms with Gasteiger partial charge in [0, 0.05) is 31.2 Å². The number of carbonyl (C=O) groups excluding carboxylic acids is 2. The molecule has 4 nitrogen and oxygen atoms in total. The molecule has 1 N–H and O–H groups in total. The van der Waals surface area contributed by atoms with Gasteiger partial charge >= 0.3 is 6.18 Å². The molecule has 0 aromatic carbocycles. The maximum Gasteiger partial charge on any atom is 0.411 e. The third-order valence-corrected chi connectivity index (χ3v) is 5.15. The lowest BCUT2D eigenvalue weighted by Crippen LogP contribution is -2.43. The van der Waals surface area contributed by atoms with Gasteiger partial charge in [-0.2, -0.15) is 13.2 Å². The van der Waals surface area contributed by atoms with Gasteiger partial charge in [-0.05, 0) is 25.2 Å². The summed E-state index contributed by atoms with van der Waals surface area (Å²) in [4.78, 5) is 23.7. The van der Waals surface area contributed by atoms with Gasteiger partial charge in [0.15, 0.2) is 0 Å². The van der Waals surface area contributed by atoms with E-state index in [4.69, 9.17) is 4.74 Å². The highest BCUT2D eigenvalue weighted by molar-refractivity contribution is 5.85. The summed E-state index contributed by atoms with van der Waals surface area (Å²) < 4.78 is 42.1. The molecule has 0 aliphatic heterocycles. The lowest BCUT2D eigenvalue weighted by atomic mass is 9.79. The summed E-state index contributed by atoms with van der Waals surface area (Å²) in [7, 11) is 0. The Morgan fingerprint density at radius 2 is 1.96 bits per heavy atom. The van der Waals surface area contributed by atoms with E-state index in [0.717, 1.165) is 19.3 Å². The van der Waals surface area contributed by atoms with E-state index in [0.29, 0.717) is 32.2 Å². The molecule has 1 amide bonds. The van der Waals surface area contributed by atoms with Crippen LogP contribution in [0.15, 0.2) is 0 Å². The van der Waals surface area contributed by atoms with E-state index in [-0.39, 0.29) is 29.4 Å². The number of rotatable bonds is 5. The Morgan fingerprint density at radius 3 is 2.62 bits per heavy atom. The van der Waals surface area contributed by atoms with Crippen LogP contribution in [0.2, 0.25) is 0 Å². The Hall–Kier alpha value is -1.11. The average Bonchev–Trinajstić information content (AvgIpc) is 2.50. The van der Waals surface area contributed by atoms with Gasteiger partial charge in [0.25, 0.3) is 0 Å². The zero-order valence-corrected chi connectivity index (χ0v) is 14.0. The monoisotopic (exact) mass is 349 g/mol. The first-order chi connectivity index (χ1) is 11.3. The second-order valence-electron chi connectivity index (χ2n) is 7.12. The van der Waals surface area contributed by atoms with Crippen LogP contribution >= 0.6 is 0 Å². The second-order valence-corrected chi connectivity index (χ2v) is 7.12. The zero-order chi connectivity index (χ0) is 17.7. The van der Waals surface area contributed by atoms with Crippen LogP contribution in [0.25, 0.3) is 0 Å². The Bertz CT molecular complexity index is 453. The summed E-state index contributed by atoms with van der Waals surface area (Å²) in [5.74, 6) is -0.129. The molecule has 0 heterocycles. The van der Waals surface area contributed by atoms with Crippen LogP contribution in [-0.4, -0.2) is 37.1 Å². The van der Waals surface area contributed by atoms with E-state index in [1.807, 2.05) is 6.92 Å². The summed E-state index contributed by atoms with van der Waals surface area (Å²) in [6, 6.07) is 0. The largest absolute Gasteiger partial charge is 0.411 e. The molecule has 2 rings (SSSR count). The number of nitrogens with one attached hydrogen (secondary N) is 1. The molecular formula is C17H26F3NO3. The standard InChI is InChI=1S/C17H26F3NO3/c1-11-8-13(22)6-7-14(11)16(23)21-9-12-4-2-3-5-15(12)24-10-17(18,19)20/h11-12,14-15H,2-10H2,1H3,(H,21,23)/t11-,12-,14+,15+/m1/s1. The molecule has 0 unspecified atom stereocenters. The van der Waals surface area contributed by atoms with Crippen molar-refractivity contribution in [3.05, 3.63) is 0 Å². The van der Waals surface area contributed by atoms with Crippen LogP contribution in [0.5, 0.6) is 0 Å². The summed E-state index contributed by atoms with van der Waals surface area (Å²) in [5.41, 5.74) is 0. The van der Waals surface area contributed by atoms with Gasteiger partial charge in [0.1, 0.15) is 12.4 Å². The first kappa shape index (κ1) is 19.2. The van der Waals surface area contributed by atoms with E-state index in [1.165, 1.54) is 0 Å². The van der Waals surface area contributed by atoms with Crippen molar-refractivity contribution in [2.24, 2.45) is 17.8 Å². The van der Waals surface area contributed by atoms with Crippen LogP contribution in [-0.2, 0) is 14.3 Å². The lowest BCUT2D eigenvalue weighted by Gasteiger charge is -2.33. The van der Waals surface area contributed by atoms with Crippen molar-refractivity contribution in [3.63, 3.8) is 0 Å². The van der Waals surface area contributed by atoms with Crippen molar-refractivity contribution in [1.82, 2.24) is 5.32 Å². The summed E-state index contributed by atoms with van der Waals surface area (Å²) in [6.07, 6.45) is -0.185. The predicted octanol–water partition coefficient (Wildman–Crippen LogP) is 3.25. The third-order valence-electron chi connectivity index (χ3n) is 5.15. The number of ketones is 1. The number of hydrogen-bond donors (Lipinski definition) is 1. The SMILES string of the molecule is C[C@@H]1CC(=O)CC[C@@H]1C(=O)NC[C@H]1CCCC[C@@H]1OCC(F)(F)F. The number of hydrogen-bond acceptors (Lipinski definition) is 3. The van der Waals surface area contributed by atoms with E-state index in [1.54, 1.807) is 0 Å². The van der Waals surface area contributed by atoms with Gasteiger partial charge in [0.2, 0.25) is 5.91 Å². The maximum atomic E-state index is 12.3. The molecule has 0 bridgehead atoms. The van der Waals surface area contributed by atoms with Gasteiger partial charge in [-0.1, -0.05) is 19.8 Å². The quantitative estimate of drug-likeness (QED) is 0.829. The molecule has 138 valence electrons. The van der Waals surface area contributed by atoms with Gasteiger partial charge in [0.05, 0.1) is 6.10 Å². The summed E-state index contributed by atoms with van der Waals surface area (Å²) >= 11 is 0. The van der Waals surface area contributed by atoms with Crippen molar-refractivity contribution in [2.45, 2.75) is 64.1 Å². The highest BCUT2D eigenvalue weighted by atomic mass is 19.4. The smallest absolute Gasteiger partial charge is 0.368 e. The van der Waals surface area contributed by atoms with Crippen LogP contribution in [0, 0.1) is 17.8 Å². The van der Waals surface area contributed by atoms with E-state index >= 15 is 0 Å². The fourth-order valence-electron chi connectivity index (χ4n) is 3.78. The second kappa shape index (κ2) is 8.32. The van der Waals surface area contributed by atoms with E-state index < -0.39 is 18.9 Å². The van der Waals surface area contributed by atoms with Gasteiger partial charge in [-0.3, -0.25) is 9.59 Å². The fourth-order valence-corrected chi connectivity index (χ4v) is 3.78. The van der Waals surface area contributed by atoms with Crippen molar-refractivity contribution >= 4 is 11.7 Å². The van der Waals surface area contributed by atoms with Crippen molar-refractivity contribution in [1.29, 1.82) is 0 Å². The number of alkyl halides is 3. The summed E-state index contributed by atoms with van der Waals surface area (Å²) in [5, 5.41) is 2.88. The molecule has 4 atom stereocenters. The average molecular weight is 349 g/mol. The van der Waals surface area contributed by atoms with Crippen LogP contribution < -0.4 is 5.32 Å². The highest BCUT2D eigenvalue weighted by Crippen LogP contribution is 2.30. The molecule has 7 heteroatoms. The minimum absolute atomic E-state index is 0.0230. The molecule has 24 heavy (non-hydrogen) atoms. The van der Waals surface area contributed by atoms with Crippen molar-refractivity contribution in [3.8, 4) is 0 Å². The van der Waals surface area contributed by atoms with Crippen LogP contribution in [0.3, 0.4) is 0 Å². The molecule has 2 saturated carbocycles. The first-order valence-corrected chi connectivity index (χ1v) is 8.74. The number of amides is 1. The predicted molar refractivity (Wildman–Crippen MR) is 82.3 cm³/mol. The number of carbonyl (C=O) groups is 2. The highest BCUT2D eigenvalue weighted by Gasteiger charge is 2.35. The van der Waals surface area contributed by atoms with Gasteiger partial charge in [-0.25, -0.2) is 0 Å². The van der Waals surface area contributed by atoms with Crippen LogP contribution in [0.4, 0.5) is 13.2 Å². The minimum Gasteiger partial charge on any atom is -0.368 e. The number of ether oxygens (including phenoxy) is 1. The lowest BCUT2D eigenvalue weighted by molar-refractivity contribution is -0.193. The molecule has 0 spiro atoms. The third kappa shape index (κ3) is 5.76. The molecule has 0 saturated heterocycles. The minimum atomic E-state index is -4.32. The molecule has 0 radical (unpaired) electrons. The first-order valence-electron chi connectivity index (χ1n) is 8.74. The van der Waals surface area contributed by atoms with Crippen LogP contribution in [0.1, 0.15) is 51.9 Å². The van der Waals surface area contributed by atoms with Crippen molar-refractivity contribution < 1.29 is 27.5 Å². The Balaban J connectivity index is 1.82. The molecule has 2 aliphatic carbocycles. The molecule has 2 aliphatic rings. The topological polar surface area (TPSA) is 55.4 Å². The number of halogens is 3. The Labute approximate surface area is 140 Å². The van der Waals surface area contributed by atoms with Gasteiger partial charge in [-0.15, -0.1) is 0 Å². The van der Waals surface area contributed by atoms with Crippen molar-refractivity contribution in [2.75, 3.05) is 13.2 Å². The normalized spacial score (nSPS) is 31.8. The van der Waals surface area contributed by atoms with E-state index in [2.05, 4.69) is 5.32 Å². The number of Topliss-reactive ketones (excluding diaryl/α,β-unsaturated/α-hetero) is 1. The molecule has 0 aromatic heterocycles. The molecular weight excluding hydrogens is 323 g/mol. The fraction of sp³-hybridized carbons (Fsp3) is 0.882. The zero-order valence-electron chi connectivity index (χ0n) is 14.0. The summed E-state index contributed by atoms with van der Waals surface area (Å²) in [6.45, 7) is 1.01.